The summed E-state index contributed by atoms with van der Waals surface area (Å²) in [5.74, 6) is 0.0319. The van der Waals surface area contributed by atoms with Crippen LogP contribution in [0, 0.1) is 0 Å². The number of hydrogen-bond acceptors (Lipinski definition) is 3. The van der Waals surface area contributed by atoms with Gasteiger partial charge in [-0.2, -0.15) is 0 Å². The van der Waals surface area contributed by atoms with Gasteiger partial charge in [0.2, 0.25) is 5.91 Å². The number of halogens is 1. The third-order valence-corrected chi connectivity index (χ3v) is 7.60. The SMILES string of the molecule is CC(=O)N(CCCCC(C)N(c1ccc(-c2ccc(Br)cc2)cc1)S(=O)O)c1cccs1. The summed E-state index contributed by atoms with van der Waals surface area (Å²) in [6, 6.07) is 19.5. The van der Waals surface area contributed by atoms with Crippen LogP contribution in [0.4, 0.5) is 10.7 Å². The number of carbonyl (C=O) groups is 1. The third-order valence-electron chi connectivity index (χ3n) is 5.27. The monoisotopic (exact) mass is 534 g/mol. The van der Waals surface area contributed by atoms with Crippen LogP contribution in [-0.4, -0.2) is 27.3 Å². The van der Waals surface area contributed by atoms with Gasteiger partial charge in [-0.05, 0) is 79.1 Å². The largest absolute Gasteiger partial charge is 0.304 e. The Bertz CT molecular complexity index is 1020. The molecule has 0 aliphatic carbocycles. The van der Waals surface area contributed by atoms with Crippen molar-refractivity contribution in [1.29, 1.82) is 0 Å². The fourth-order valence-electron chi connectivity index (χ4n) is 3.61. The van der Waals surface area contributed by atoms with E-state index in [9.17, 15) is 13.6 Å². The lowest BCUT2D eigenvalue weighted by atomic mass is 10.1. The molecule has 0 spiro atoms. The molecule has 1 aromatic heterocycles. The van der Waals surface area contributed by atoms with Crippen LogP contribution in [0.3, 0.4) is 0 Å². The van der Waals surface area contributed by atoms with Gasteiger partial charge in [0.1, 0.15) is 0 Å². The van der Waals surface area contributed by atoms with Crippen molar-refractivity contribution in [3.8, 4) is 11.1 Å². The second-order valence-electron chi connectivity index (χ2n) is 7.58. The number of thiophene rings is 1. The van der Waals surface area contributed by atoms with E-state index in [0.29, 0.717) is 12.2 Å². The van der Waals surface area contributed by atoms with Crippen molar-refractivity contribution in [3.63, 3.8) is 0 Å². The first kappa shape index (κ1) is 24.6. The molecule has 0 aliphatic heterocycles. The van der Waals surface area contributed by atoms with Crippen LogP contribution in [0.2, 0.25) is 0 Å². The van der Waals surface area contributed by atoms with E-state index in [1.807, 2.05) is 73.0 Å². The lowest BCUT2D eigenvalue weighted by molar-refractivity contribution is -0.116. The average molecular weight is 536 g/mol. The molecule has 3 aromatic rings. The van der Waals surface area contributed by atoms with Gasteiger partial charge in [-0.3, -0.25) is 13.7 Å². The Kier molecular flexibility index (Phi) is 9.04. The van der Waals surface area contributed by atoms with Crippen molar-refractivity contribution in [2.24, 2.45) is 0 Å². The summed E-state index contributed by atoms with van der Waals surface area (Å²) >= 11 is 2.87. The van der Waals surface area contributed by atoms with Gasteiger partial charge in [-0.1, -0.05) is 40.2 Å². The molecule has 32 heavy (non-hydrogen) atoms. The first-order valence-electron chi connectivity index (χ1n) is 10.4. The van der Waals surface area contributed by atoms with Crippen LogP contribution < -0.4 is 9.21 Å². The first-order chi connectivity index (χ1) is 15.4. The van der Waals surface area contributed by atoms with E-state index in [1.54, 1.807) is 23.2 Å². The van der Waals surface area contributed by atoms with E-state index in [1.165, 1.54) is 4.31 Å². The van der Waals surface area contributed by atoms with Crippen LogP contribution in [0.1, 0.15) is 33.1 Å². The quantitative estimate of drug-likeness (QED) is 0.231. The number of unbranched alkanes of at least 4 members (excludes halogenated alkanes) is 1. The summed E-state index contributed by atoms with van der Waals surface area (Å²) in [6.45, 7) is 4.18. The number of rotatable bonds is 10. The fourth-order valence-corrected chi connectivity index (χ4v) is 5.40. The Morgan fingerprint density at radius 1 is 1.06 bits per heavy atom. The maximum absolute atomic E-state index is 12.1. The predicted octanol–water partition coefficient (Wildman–Crippen LogP) is 6.73. The average Bonchev–Trinajstić information content (AvgIpc) is 3.29. The van der Waals surface area contributed by atoms with Gasteiger partial charge in [0, 0.05) is 24.0 Å². The molecule has 5 nitrogen and oxygen atoms in total. The maximum Gasteiger partial charge on any atom is 0.262 e. The third kappa shape index (κ3) is 6.51. The molecule has 0 fully saturated rings. The topological polar surface area (TPSA) is 60.9 Å². The van der Waals surface area contributed by atoms with Crippen molar-refractivity contribution in [2.45, 2.75) is 39.2 Å². The highest BCUT2D eigenvalue weighted by Crippen LogP contribution is 2.27. The molecule has 1 amide bonds. The lowest BCUT2D eigenvalue weighted by Crippen LogP contribution is -2.35. The minimum atomic E-state index is -2.12. The van der Waals surface area contributed by atoms with E-state index < -0.39 is 11.3 Å². The second-order valence-corrected chi connectivity index (χ2v) is 10.3. The van der Waals surface area contributed by atoms with E-state index in [4.69, 9.17) is 0 Å². The van der Waals surface area contributed by atoms with Gasteiger partial charge in [-0.25, -0.2) is 4.21 Å². The van der Waals surface area contributed by atoms with Crippen LogP contribution in [0.15, 0.2) is 70.5 Å². The fraction of sp³-hybridized carbons (Fsp3) is 0.292. The van der Waals surface area contributed by atoms with Crippen molar-refractivity contribution in [3.05, 3.63) is 70.5 Å². The molecule has 170 valence electrons. The van der Waals surface area contributed by atoms with E-state index >= 15 is 0 Å². The highest BCUT2D eigenvalue weighted by Gasteiger charge is 2.20. The van der Waals surface area contributed by atoms with E-state index in [0.717, 1.165) is 39.9 Å². The summed E-state index contributed by atoms with van der Waals surface area (Å²) in [5, 5.41) is 2.92. The predicted molar refractivity (Wildman–Crippen MR) is 138 cm³/mol. The van der Waals surface area contributed by atoms with E-state index in [2.05, 4.69) is 15.9 Å². The number of amides is 1. The normalized spacial score (nSPS) is 12.9. The number of nitrogens with zero attached hydrogens (tertiary/aromatic N) is 2. The van der Waals surface area contributed by atoms with Gasteiger partial charge in [0.25, 0.3) is 11.3 Å². The molecule has 0 radical (unpaired) electrons. The molecule has 1 N–H and O–H groups in total. The van der Waals surface area contributed by atoms with Crippen molar-refractivity contribution in [1.82, 2.24) is 0 Å². The van der Waals surface area contributed by atoms with Gasteiger partial charge in [0.15, 0.2) is 0 Å². The highest BCUT2D eigenvalue weighted by molar-refractivity contribution is 9.10. The number of anilines is 2. The molecule has 0 saturated carbocycles. The van der Waals surface area contributed by atoms with Crippen LogP contribution in [0.5, 0.6) is 0 Å². The molecule has 2 aromatic carbocycles. The summed E-state index contributed by atoms with van der Waals surface area (Å²) < 4.78 is 24.6. The molecule has 8 heteroatoms. The maximum atomic E-state index is 12.1. The molecular weight excluding hydrogens is 508 g/mol. The second kappa shape index (κ2) is 11.7. The number of benzene rings is 2. The summed E-state index contributed by atoms with van der Waals surface area (Å²) in [7, 11) is 0. The van der Waals surface area contributed by atoms with Crippen LogP contribution >= 0.6 is 27.3 Å². The van der Waals surface area contributed by atoms with Crippen LogP contribution in [-0.2, 0) is 16.1 Å². The molecule has 0 aliphatic rings. The zero-order valence-electron chi connectivity index (χ0n) is 18.1. The molecule has 0 bridgehead atoms. The first-order valence-corrected chi connectivity index (χ1v) is 13.2. The van der Waals surface area contributed by atoms with Crippen molar-refractivity contribution >= 4 is 55.1 Å². The zero-order chi connectivity index (χ0) is 23.1. The standard InChI is InChI=1S/C24H27BrN2O3S2/c1-18(6-3-4-16-26(19(2)28)24-7-5-17-31-24)27(32(29)30)23-14-10-21(11-15-23)20-8-12-22(25)13-9-20/h5,7-15,17-18H,3-4,6,16H2,1-2H3,(H,29,30). The summed E-state index contributed by atoms with van der Waals surface area (Å²) in [6.07, 6.45) is 2.42. The van der Waals surface area contributed by atoms with E-state index in [-0.39, 0.29) is 11.9 Å². The number of hydrogen-bond donors (Lipinski definition) is 1. The van der Waals surface area contributed by atoms with Gasteiger partial charge < -0.3 is 4.90 Å². The molecule has 2 atom stereocenters. The van der Waals surface area contributed by atoms with Crippen molar-refractivity contribution in [2.75, 3.05) is 15.7 Å². The Morgan fingerprint density at radius 2 is 1.69 bits per heavy atom. The molecular formula is C24H27BrN2O3S2. The Hall–Kier alpha value is -2.00. The molecule has 0 saturated heterocycles. The Balaban J connectivity index is 1.59. The zero-order valence-corrected chi connectivity index (χ0v) is 21.3. The van der Waals surface area contributed by atoms with Gasteiger partial charge in [-0.15, -0.1) is 11.3 Å². The minimum absolute atomic E-state index is 0.0319. The van der Waals surface area contributed by atoms with Crippen molar-refractivity contribution < 1.29 is 13.6 Å². The summed E-state index contributed by atoms with van der Waals surface area (Å²) in [5.41, 5.74) is 2.85. The Morgan fingerprint density at radius 3 is 2.22 bits per heavy atom. The van der Waals surface area contributed by atoms with Gasteiger partial charge >= 0.3 is 0 Å². The van der Waals surface area contributed by atoms with Gasteiger partial charge in [0.05, 0.1) is 10.7 Å². The number of carbonyl (C=O) groups excluding carboxylic acids is 1. The van der Waals surface area contributed by atoms with Crippen LogP contribution in [0.25, 0.3) is 11.1 Å². The Labute approximate surface area is 204 Å². The smallest absolute Gasteiger partial charge is 0.262 e. The molecule has 3 rings (SSSR count). The lowest BCUT2D eigenvalue weighted by Gasteiger charge is -2.27. The highest BCUT2D eigenvalue weighted by atomic mass is 79.9. The minimum Gasteiger partial charge on any atom is -0.304 e. The molecule has 1 heterocycles. The molecule has 2 unspecified atom stereocenters. The summed E-state index contributed by atoms with van der Waals surface area (Å²) in [4.78, 5) is 13.7.